The van der Waals surface area contributed by atoms with Crippen LogP contribution in [0.25, 0.3) is 0 Å². The van der Waals surface area contributed by atoms with Gasteiger partial charge in [0.1, 0.15) is 11.9 Å². The average Bonchev–Trinajstić information content (AvgIpc) is 2.57. The molecule has 0 aliphatic heterocycles. The molecule has 24 heavy (non-hydrogen) atoms. The second-order valence-electron chi connectivity index (χ2n) is 5.44. The summed E-state index contributed by atoms with van der Waals surface area (Å²) in [4.78, 5) is 8.93. The number of hydrogen-bond acceptors (Lipinski definition) is 5. The van der Waals surface area contributed by atoms with Crippen molar-refractivity contribution in [3.63, 3.8) is 0 Å². The molecule has 0 fully saturated rings. The van der Waals surface area contributed by atoms with Crippen molar-refractivity contribution in [3.05, 3.63) is 71.4 Å². The van der Waals surface area contributed by atoms with Gasteiger partial charge in [-0.15, -0.1) is 0 Å². The number of para-hydroxylation sites is 2. The minimum atomic E-state index is 0.515. The Labute approximate surface area is 141 Å². The molecule has 0 unspecified atom stereocenters. The lowest BCUT2D eigenvalue weighted by atomic mass is 10.2. The van der Waals surface area contributed by atoms with E-state index in [1.165, 1.54) is 0 Å². The van der Waals surface area contributed by atoms with Gasteiger partial charge in [0.2, 0.25) is 5.95 Å². The van der Waals surface area contributed by atoms with Crippen molar-refractivity contribution in [1.82, 2.24) is 9.97 Å². The van der Waals surface area contributed by atoms with Crippen LogP contribution >= 0.6 is 0 Å². The van der Waals surface area contributed by atoms with Gasteiger partial charge in [0.25, 0.3) is 0 Å². The van der Waals surface area contributed by atoms with Crippen LogP contribution in [0.4, 0.5) is 23.1 Å². The molecule has 0 amide bonds. The average molecular weight is 315 g/mol. The monoisotopic (exact) mass is 315 g/mol. The number of benzene rings is 2. The summed E-state index contributed by atoms with van der Waals surface area (Å²) in [5.74, 6) is 1.16. The number of nitrogens with zero attached hydrogens (tertiary/aromatic N) is 3. The molecular weight excluding hydrogens is 298 g/mol. The lowest BCUT2D eigenvalue weighted by molar-refractivity contribution is 1.10. The Morgan fingerprint density at radius 1 is 0.875 bits per heavy atom. The molecule has 118 valence electrons. The highest BCUT2D eigenvalue weighted by Gasteiger charge is 2.07. The zero-order chi connectivity index (χ0) is 16.9. The molecular formula is C19H17N5. The van der Waals surface area contributed by atoms with Crippen LogP contribution in [0.3, 0.4) is 0 Å². The Morgan fingerprint density at radius 2 is 1.58 bits per heavy atom. The molecule has 0 bridgehead atoms. The molecule has 2 aromatic carbocycles. The molecule has 0 radical (unpaired) electrons. The van der Waals surface area contributed by atoms with Crippen molar-refractivity contribution in [2.45, 2.75) is 13.8 Å². The number of rotatable bonds is 4. The van der Waals surface area contributed by atoms with Crippen LogP contribution in [-0.4, -0.2) is 9.97 Å². The summed E-state index contributed by atoms with van der Waals surface area (Å²) in [6, 6.07) is 19.3. The molecule has 3 rings (SSSR count). The minimum absolute atomic E-state index is 0.515. The highest BCUT2D eigenvalue weighted by atomic mass is 15.1. The third kappa shape index (κ3) is 3.50. The van der Waals surface area contributed by atoms with Gasteiger partial charge in [-0.1, -0.05) is 30.3 Å². The first kappa shape index (κ1) is 15.5. The highest BCUT2D eigenvalue weighted by Crippen LogP contribution is 2.22. The van der Waals surface area contributed by atoms with Crippen LogP contribution < -0.4 is 10.6 Å². The van der Waals surface area contributed by atoms with Crippen molar-refractivity contribution in [2.24, 2.45) is 0 Å². The van der Waals surface area contributed by atoms with E-state index in [9.17, 15) is 5.26 Å². The fourth-order valence-corrected chi connectivity index (χ4v) is 2.35. The van der Waals surface area contributed by atoms with Gasteiger partial charge in [-0.3, -0.25) is 0 Å². The number of aromatic nitrogens is 2. The standard InChI is InChI=1S/C19H17N5/c1-13-7-3-5-9-16(13)23-19-21-14(2)11-18(24-19)22-17-10-6-4-8-15(17)12-20/h3-11H,1-2H3,(H2,21,22,23,24). The third-order valence-electron chi connectivity index (χ3n) is 3.56. The Hall–Kier alpha value is -3.39. The first-order valence-electron chi connectivity index (χ1n) is 7.60. The fourth-order valence-electron chi connectivity index (χ4n) is 2.35. The number of nitrogens with one attached hydrogen (secondary N) is 2. The van der Waals surface area contributed by atoms with Crippen LogP contribution in [0.1, 0.15) is 16.8 Å². The van der Waals surface area contributed by atoms with Crippen molar-refractivity contribution in [1.29, 1.82) is 5.26 Å². The van der Waals surface area contributed by atoms with Gasteiger partial charge in [-0.05, 0) is 37.6 Å². The van der Waals surface area contributed by atoms with Crippen LogP contribution in [0, 0.1) is 25.2 Å². The zero-order valence-electron chi connectivity index (χ0n) is 13.5. The van der Waals surface area contributed by atoms with E-state index >= 15 is 0 Å². The summed E-state index contributed by atoms with van der Waals surface area (Å²) in [6.07, 6.45) is 0. The molecule has 0 atom stereocenters. The molecule has 5 nitrogen and oxygen atoms in total. The van der Waals surface area contributed by atoms with Crippen LogP contribution in [0.15, 0.2) is 54.6 Å². The molecule has 2 N–H and O–H groups in total. The van der Waals surface area contributed by atoms with Gasteiger partial charge in [-0.25, -0.2) is 4.98 Å². The Morgan fingerprint density at radius 3 is 2.33 bits per heavy atom. The summed E-state index contributed by atoms with van der Waals surface area (Å²) >= 11 is 0. The fraction of sp³-hybridized carbons (Fsp3) is 0.105. The van der Waals surface area contributed by atoms with Crippen LogP contribution in [0.2, 0.25) is 0 Å². The van der Waals surface area contributed by atoms with Crippen molar-refractivity contribution in [3.8, 4) is 6.07 Å². The van der Waals surface area contributed by atoms with Crippen LogP contribution in [0.5, 0.6) is 0 Å². The largest absolute Gasteiger partial charge is 0.339 e. The van der Waals surface area contributed by atoms with E-state index in [-0.39, 0.29) is 0 Å². The van der Waals surface area contributed by atoms with E-state index in [0.29, 0.717) is 17.3 Å². The normalized spacial score (nSPS) is 10.0. The van der Waals surface area contributed by atoms with E-state index in [2.05, 4.69) is 26.7 Å². The summed E-state index contributed by atoms with van der Waals surface area (Å²) in [6.45, 7) is 3.94. The first-order chi connectivity index (χ1) is 11.7. The quantitative estimate of drug-likeness (QED) is 0.744. The second kappa shape index (κ2) is 6.80. The van der Waals surface area contributed by atoms with Crippen molar-refractivity contribution >= 4 is 23.1 Å². The van der Waals surface area contributed by atoms with E-state index in [1.54, 1.807) is 6.07 Å². The second-order valence-corrected chi connectivity index (χ2v) is 5.44. The van der Waals surface area contributed by atoms with Gasteiger partial charge in [0.05, 0.1) is 11.3 Å². The number of aryl methyl sites for hydroxylation is 2. The van der Waals surface area contributed by atoms with Gasteiger partial charge < -0.3 is 10.6 Å². The Kier molecular flexibility index (Phi) is 4.39. The number of nitriles is 1. The lowest BCUT2D eigenvalue weighted by Gasteiger charge is -2.12. The maximum absolute atomic E-state index is 9.20. The summed E-state index contributed by atoms with van der Waals surface area (Å²) in [5, 5.41) is 15.6. The van der Waals surface area contributed by atoms with Crippen molar-refractivity contribution in [2.75, 3.05) is 10.6 Å². The molecule has 0 aliphatic carbocycles. The Balaban J connectivity index is 1.89. The van der Waals surface area contributed by atoms with E-state index in [1.807, 2.05) is 62.4 Å². The maximum atomic E-state index is 9.20. The minimum Gasteiger partial charge on any atom is -0.339 e. The smallest absolute Gasteiger partial charge is 0.229 e. The van der Waals surface area contributed by atoms with Crippen LogP contribution in [-0.2, 0) is 0 Å². The first-order valence-corrected chi connectivity index (χ1v) is 7.60. The number of anilines is 4. The van der Waals surface area contributed by atoms with Gasteiger partial charge in [0.15, 0.2) is 0 Å². The summed E-state index contributed by atoms with van der Waals surface area (Å²) in [5.41, 5.74) is 4.21. The molecule has 1 heterocycles. The SMILES string of the molecule is Cc1cc(Nc2ccccc2C#N)nc(Nc2ccccc2C)n1. The molecule has 5 heteroatoms. The van der Waals surface area contributed by atoms with Gasteiger partial charge >= 0.3 is 0 Å². The summed E-state index contributed by atoms with van der Waals surface area (Å²) in [7, 11) is 0. The molecule has 0 saturated carbocycles. The van der Waals surface area contributed by atoms with E-state index < -0.39 is 0 Å². The van der Waals surface area contributed by atoms with E-state index in [0.717, 1.165) is 22.6 Å². The number of hydrogen-bond donors (Lipinski definition) is 2. The third-order valence-corrected chi connectivity index (χ3v) is 3.56. The zero-order valence-corrected chi connectivity index (χ0v) is 13.5. The molecule has 0 saturated heterocycles. The van der Waals surface area contributed by atoms with Crippen molar-refractivity contribution < 1.29 is 0 Å². The van der Waals surface area contributed by atoms with E-state index in [4.69, 9.17) is 0 Å². The molecule has 0 spiro atoms. The highest BCUT2D eigenvalue weighted by molar-refractivity contribution is 5.66. The van der Waals surface area contributed by atoms with Gasteiger partial charge in [0, 0.05) is 17.4 Å². The predicted octanol–water partition coefficient (Wildman–Crippen LogP) is 4.45. The molecule has 1 aromatic heterocycles. The molecule has 3 aromatic rings. The summed E-state index contributed by atoms with van der Waals surface area (Å²) < 4.78 is 0. The lowest BCUT2D eigenvalue weighted by Crippen LogP contribution is -2.03. The maximum Gasteiger partial charge on any atom is 0.229 e. The van der Waals surface area contributed by atoms with Gasteiger partial charge in [-0.2, -0.15) is 10.2 Å². The topological polar surface area (TPSA) is 73.6 Å². The Bertz CT molecular complexity index is 912. The molecule has 0 aliphatic rings. The predicted molar refractivity (Wildman–Crippen MR) is 95.7 cm³/mol.